The average Bonchev–Trinajstić information content (AvgIpc) is 3.08. The normalized spacial score (nSPS) is 16.7. The van der Waals surface area contributed by atoms with Crippen LogP contribution in [0.25, 0.3) is 0 Å². The van der Waals surface area contributed by atoms with Crippen LogP contribution in [0.1, 0.15) is 43.0 Å². The molecule has 0 saturated heterocycles. The molecule has 0 spiro atoms. The molecular weight excluding hydrogens is 314 g/mol. The molecule has 1 aromatic heterocycles. The van der Waals surface area contributed by atoms with Crippen LogP contribution in [0.2, 0.25) is 0 Å². The molecule has 1 atom stereocenters. The molecule has 1 aliphatic rings. The van der Waals surface area contributed by atoms with Crippen LogP contribution in [0.4, 0.5) is 0 Å². The van der Waals surface area contributed by atoms with Crippen molar-refractivity contribution in [2.24, 2.45) is 0 Å². The van der Waals surface area contributed by atoms with E-state index in [0.29, 0.717) is 26.2 Å². The lowest BCUT2D eigenvalue weighted by Crippen LogP contribution is -2.39. The fraction of sp³-hybridized carbons (Fsp3) is 0.500. The fourth-order valence-corrected chi connectivity index (χ4v) is 3.36. The number of nitrogens with zero attached hydrogens (tertiary/aromatic N) is 3. The van der Waals surface area contributed by atoms with E-state index in [9.17, 15) is 4.79 Å². The Kier molecular flexibility index (Phi) is 5.87. The Balaban J connectivity index is 1.68. The number of rotatable bonds is 7. The summed E-state index contributed by atoms with van der Waals surface area (Å²) in [6.45, 7) is 7.59. The maximum absolute atomic E-state index is 12.7. The molecule has 0 bridgehead atoms. The second-order valence-corrected chi connectivity index (χ2v) is 6.50. The van der Waals surface area contributed by atoms with Crippen molar-refractivity contribution in [2.45, 2.75) is 45.7 Å². The number of hydrogen-bond donors (Lipinski definition) is 0. The summed E-state index contributed by atoms with van der Waals surface area (Å²) >= 11 is 0. The van der Waals surface area contributed by atoms with Crippen molar-refractivity contribution in [3.63, 3.8) is 0 Å². The first-order chi connectivity index (χ1) is 12.2. The van der Waals surface area contributed by atoms with Crippen molar-refractivity contribution >= 4 is 5.91 Å². The molecule has 25 heavy (non-hydrogen) atoms. The van der Waals surface area contributed by atoms with Gasteiger partial charge >= 0.3 is 0 Å². The molecule has 0 saturated carbocycles. The highest BCUT2D eigenvalue weighted by Crippen LogP contribution is 2.28. The van der Waals surface area contributed by atoms with Crippen molar-refractivity contribution in [2.75, 3.05) is 19.8 Å². The topological polar surface area (TPSA) is 47.4 Å². The Hall–Kier alpha value is -2.14. The molecule has 2 heterocycles. The number of ether oxygens (including phenoxy) is 1. The van der Waals surface area contributed by atoms with E-state index in [-0.39, 0.29) is 11.8 Å². The summed E-state index contributed by atoms with van der Waals surface area (Å²) in [7, 11) is 0. The minimum absolute atomic E-state index is 0.196. The highest BCUT2D eigenvalue weighted by atomic mass is 16.5. The number of aryl methyl sites for hydroxylation is 2. The number of carbonyl (C=O) groups is 1. The minimum atomic E-state index is 0.196. The van der Waals surface area contributed by atoms with Crippen LogP contribution >= 0.6 is 0 Å². The van der Waals surface area contributed by atoms with Gasteiger partial charge in [-0.1, -0.05) is 30.3 Å². The van der Waals surface area contributed by atoms with Gasteiger partial charge in [0, 0.05) is 43.8 Å². The Morgan fingerprint density at radius 1 is 1.28 bits per heavy atom. The van der Waals surface area contributed by atoms with E-state index in [4.69, 9.17) is 4.74 Å². The lowest BCUT2D eigenvalue weighted by molar-refractivity contribution is -0.132. The largest absolute Gasteiger partial charge is 0.381 e. The highest BCUT2D eigenvalue weighted by Gasteiger charge is 2.30. The zero-order valence-electron chi connectivity index (χ0n) is 15.1. The van der Waals surface area contributed by atoms with Crippen LogP contribution in [-0.4, -0.2) is 40.3 Å². The van der Waals surface area contributed by atoms with Crippen LogP contribution in [0, 0.1) is 0 Å². The summed E-state index contributed by atoms with van der Waals surface area (Å²) in [6, 6.07) is 10.2. The van der Waals surface area contributed by atoms with Crippen LogP contribution in [0.3, 0.4) is 0 Å². The third-order valence-corrected chi connectivity index (χ3v) is 4.76. The SMILES string of the molecule is CCOCC1CN(C(=O)CCc2ccccc2)Cc2nn(CC)cc21. The predicted molar refractivity (Wildman–Crippen MR) is 97.3 cm³/mol. The van der Waals surface area contributed by atoms with Crippen LogP contribution < -0.4 is 0 Å². The molecule has 0 radical (unpaired) electrons. The summed E-state index contributed by atoms with van der Waals surface area (Å²) in [5.74, 6) is 0.409. The molecule has 2 aromatic rings. The smallest absolute Gasteiger partial charge is 0.223 e. The van der Waals surface area contributed by atoms with Crippen molar-refractivity contribution in [3.8, 4) is 0 Å². The first-order valence-electron chi connectivity index (χ1n) is 9.16. The van der Waals surface area contributed by atoms with E-state index in [1.54, 1.807) is 0 Å². The van der Waals surface area contributed by atoms with Gasteiger partial charge in [-0.3, -0.25) is 9.48 Å². The van der Waals surface area contributed by atoms with Crippen molar-refractivity contribution < 1.29 is 9.53 Å². The maximum atomic E-state index is 12.7. The predicted octanol–water partition coefficient (Wildman–Crippen LogP) is 3.00. The molecule has 3 rings (SSSR count). The molecule has 5 nitrogen and oxygen atoms in total. The number of aromatic nitrogens is 2. The molecule has 1 aromatic carbocycles. The van der Waals surface area contributed by atoms with Gasteiger partial charge in [0.1, 0.15) is 0 Å². The minimum Gasteiger partial charge on any atom is -0.381 e. The first-order valence-corrected chi connectivity index (χ1v) is 9.16. The lowest BCUT2D eigenvalue weighted by Gasteiger charge is -2.32. The second-order valence-electron chi connectivity index (χ2n) is 6.50. The van der Waals surface area contributed by atoms with Crippen molar-refractivity contribution in [1.82, 2.24) is 14.7 Å². The lowest BCUT2D eigenvalue weighted by atomic mass is 9.95. The molecule has 134 valence electrons. The Morgan fingerprint density at radius 3 is 2.80 bits per heavy atom. The van der Waals surface area contributed by atoms with E-state index < -0.39 is 0 Å². The van der Waals surface area contributed by atoms with Crippen LogP contribution in [0.15, 0.2) is 36.5 Å². The van der Waals surface area contributed by atoms with E-state index in [1.807, 2.05) is 34.7 Å². The molecule has 5 heteroatoms. The van der Waals surface area contributed by atoms with Gasteiger partial charge in [-0.05, 0) is 25.8 Å². The molecule has 1 aliphatic heterocycles. The van der Waals surface area contributed by atoms with Crippen molar-refractivity contribution in [3.05, 3.63) is 53.3 Å². The maximum Gasteiger partial charge on any atom is 0.223 e. The van der Waals surface area contributed by atoms with Crippen LogP contribution in [0.5, 0.6) is 0 Å². The van der Waals surface area contributed by atoms with E-state index in [1.165, 1.54) is 11.1 Å². The standard InChI is InChI=1S/C20H27N3O2/c1-3-23-13-18-17(15-25-4-2)12-22(14-19(18)21-23)20(24)11-10-16-8-6-5-7-9-16/h5-9,13,17H,3-4,10-12,14-15H2,1-2H3. The Morgan fingerprint density at radius 2 is 2.08 bits per heavy atom. The van der Waals surface area contributed by atoms with Gasteiger partial charge < -0.3 is 9.64 Å². The first kappa shape index (κ1) is 17.7. The van der Waals surface area contributed by atoms with E-state index in [0.717, 1.165) is 25.2 Å². The molecular formula is C20H27N3O2. The molecule has 0 fully saturated rings. The molecule has 0 aliphatic carbocycles. The summed E-state index contributed by atoms with van der Waals surface area (Å²) in [5.41, 5.74) is 3.46. The van der Waals surface area contributed by atoms with Gasteiger partial charge in [-0.2, -0.15) is 5.10 Å². The number of amides is 1. The second kappa shape index (κ2) is 8.30. The molecule has 0 N–H and O–H groups in total. The zero-order valence-corrected chi connectivity index (χ0v) is 15.1. The number of carbonyl (C=O) groups excluding carboxylic acids is 1. The fourth-order valence-electron chi connectivity index (χ4n) is 3.36. The number of fused-ring (bicyclic) bond motifs is 1. The number of benzene rings is 1. The average molecular weight is 341 g/mol. The van der Waals surface area contributed by atoms with Gasteiger partial charge in [0.25, 0.3) is 0 Å². The van der Waals surface area contributed by atoms with Gasteiger partial charge in [0.05, 0.1) is 18.8 Å². The van der Waals surface area contributed by atoms with E-state index in [2.05, 4.69) is 30.4 Å². The summed E-state index contributed by atoms with van der Waals surface area (Å²) in [4.78, 5) is 14.7. The van der Waals surface area contributed by atoms with Gasteiger partial charge in [0.15, 0.2) is 0 Å². The van der Waals surface area contributed by atoms with Gasteiger partial charge in [-0.25, -0.2) is 0 Å². The summed E-state index contributed by atoms with van der Waals surface area (Å²) in [6.07, 6.45) is 3.43. The number of hydrogen-bond acceptors (Lipinski definition) is 3. The third-order valence-electron chi connectivity index (χ3n) is 4.76. The summed E-state index contributed by atoms with van der Waals surface area (Å²) in [5, 5.41) is 4.65. The Bertz CT molecular complexity index is 696. The summed E-state index contributed by atoms with van der Waals surface area (Å²) < 4.78 is 7.61. The van der Waals surface area contributed by atoms with Crippen molar-refractivity contribution in [1.29, 1.82) is 0 Å². The monoisotopic (exact) mass is 341 g/mol. The third kappa shape index (κ3) is 4.28. The van der Waals surface area contributed by atoms with Gasteiger partial charge in [0.2, 0.25) is 5.91 Å². The highest BCUT2D eigenvalue weighted by molar-refractivity contribution is 5.76. The quantitative estimate of drug-likeness (QED) is 0.778. The Labute approximate surface area is 149 Å². The van der Waals surface area contributed by atoms with E-state index >= 15 is 0 Å². The molecule has 1 unspecified atom stereocenters. The van der Waals surface area contributed by atoms with Gasteiger partial charge in [-0.15, -0.1) is 0 Å². The zero-order chi connectivity index (χ0) is 17.6. The molecule has 1 amide bonds. The van der Waals surface area contributed by atoms with Crippen LogP contribution in [-0.2, 0) is 29.0 Å².